The van der Waals surface area contributed by atoms with E-state index >= 15 is 0 Å². The molecule has 1 heterocycles. The Kier molecular flexibility index (Phi) is 10.9. The van der Waals surface area contributed by atoms with Crippen molar-refractivity contribution in [3.8, 4) is 5.75 Å². The predicted octanol–water partition coefficient (Wildman–Crippen LogP) is 5.48. The van der Waals surface area contributed by atoms with Crippen molar-refractivity contribution in [2.75, 3.05) is 50.7 Å². The molecule has 2 fully saturated rings. The van der Waals surface area contributed by atoms with Gasteiger partial charge in [-0.25, -0.2) is 4.79 Å². The molecule has 2 aliphatic rings. The van der Waals surface area contributed by atoms with E-state index in [0.717, 1.165) is 35.2 Å². The third kappa shape index (κ3) is 8.51. The molecule has 2 atom stereocenters. The number of piperidine rings is 1. The summed E-state index contributed by atoms with van der Waals surface area (Å²) in [6.07, 6.45) is 1.57. The van der Waals surface area contributed by atoms with Gasteiger partial charge in [-0.3, -0.25) is 9.59 Å². The zero-order chi connectivity index (χ0) is 32.0. The summed E-state index contributed by atoms with van der Waals surface area (Å²) in [6.45, 7) is 11.0. The van der Waals surface area contributed by atoms with Crippen LogP contribution in [0.4, 0.5) is 16.2 Å². The zero-order valence-electron chi connectivity index (χ0n) is 27.1. The summed E-state index contributed by atoms with van der Waals surface area (Å²) in [5.41, 5.74) is 3.59. The number of carbonyl (C=O) groups is 3. The van der Waals surface area contributed by atoms with Crippen LogP contribution < -0.4 is 15.0 Å². The first-order valence-electron chi connectivity index (χ1n) is 15.3. The molecule has 10 nitrogen and oxygen atoms in total. The van der Waals surface area contributed by atoms with E-state index < -0.39 is 23.5 Å². The number of hydrogen-bond acceptors (Lipinski definition) is 7. The highest BCUT2D eigenvalue weighted by Gasteiger charge is 2.43. The van der Waals surface area contributed by atoms with Crippen LogP contribution in [-0.2, 0) is 30.4 Å². The third-order valence-electron chi connectivity index (χ3n) is 7.97. The standard InChI is InChI=1S/C34H47N3O7/c1-22-11-12-28(18-26(22)21-43-16-15-41-6)37(27-13-14-27)32(39)25-17-24(19-36(20-25)33(40)44-34(3,4)5)31(38)35-30-23(2)9-8-10-29(30)42-7/h8-12,18,24-25,27H,13-17,19-21H2,1-7H3,(H,35,38)/t24-,25+/m0/s1. The molecule has 0 spiro atoms. The van der Waals surface area contributed by atoms with Crippen LogP contribution in [0, 0.1) is 25.7 Å². The van der Waals surface area contributed by atoms with Gasteiger partial charge in [-0.2, -0.15) is 0 Å². The van der Waals surface area contributed by atoms with Crippen molar-refractivity contribution in [3.63, 3.8) is 0 Å². The van der Waals surface area contributed by atoms with Crippen LogP contribution in [-0.4, -0.2) is 75.0 Å². The zero-order valence-corrected chi connectivity index (χ0v) is 27.1. The maximum Gasteiger partial charge on any atom is 0.410 e. The van der Waals surface area contributed by atoms with Gasteiger partial charge in [-0.1, -0.05) is 18.2 Å². The summed E-state index contributed by atoms with van der Waals surface area (Å²) < 4.78 is 22.0. The number of hydrogen-bond donors (Lipinski definition) is 1. The number of nitrogens with one attached hydrogen (secondary N) is 1. The van der Waals surface area contributed by atoms with Crippen molar-refractivity contribution < 1.29 is 33.3 Å². The summed E-state index contributed by atoms with van der Waals surface area (Å²) >= 11 is 0. The van der Waals surface area contributed by atoms with Gasteiger partial charge >= 0.3 is 6.09 Å². The minimum atomic E-state index is -0.718. The minimum absolute atomic E-state index is 0.0767. The lowest BCUT2D eigenvalue weighted by molar-refractivity contribution is -0.127. The van der Waals surface area contributed by atoms with Gasteiger partial charge in [0.2, 0.25) is 11.8 Å². The summed E-state index contributed by atoms with van der Waals surface area (Å²) in [7, 11) is 3.19. The fraction of sp³-hybridized carbons (Fsp3) is 0.559. The van der Waals surface area contributed by atoms with Crippen LogP contribution in [0.3, 0.4) is 0 Å². The van der Waals surface area contributed by atoms with E-state index in [1.807, 2.05) is 49.1 Å². The van der Waals surface area contributed by atoms with Gasteiger partial charge in [0, 0.05) is 31.9 Å². The van der Waals surface area contributed by atoms with Crippen molar-refractivity contribution >= 4 is 29.3 Å². The van der Waals surface area contributed by atoms with Crippen molar-refractivity contribution in [1.29, 1.82) is 0 Å². The highest BCUT2D eigenvalue weighted by Crippen LogP contribution is 2.37. The molecule has 0 aromatic heterocycles. The molecule has 44 heavy (non-hydrogen) atoms. The number of benzene rings is 2. The normalized spacial score (nSPS) is 18.5. The number of rotatable bonds is 11. The average Bonchev–Trinajstić information content (AvgIpc) is 3.82. The lowest BCUT2D eigenvalue weighted by Crippen LogP contribution is -2.53. The van der Waals surface area contributed by atoms with Gasteiger partial charge in [0.25, 0.3) is 0 Å². The summed E-state index contributed by atoms with van der Waals surface area (Å²) in [4.78, 5) is 44.7. The van der Waals surface area contributed by atoms with Crippen molar-refractivity contribution in [3.05, 3.63) is 53.1 Å². The molecule has 1 N–H and O–H groups in total. The van der Waals surface area contributed by atoms with Crippen LogP contribution >= 0.6 is 0 Å². The number of nitrogens with zero attached hydrogens (tertiary/aromatic N) is 2. The first kappa shape index (κ1) is 33.3. The number of anilines is 2. The number of para-hydroxylation sites is 1. The minimum Gasteiger partial charge on any atom is -0.495 e. The van der Waals surface area contributed by atoms with E-state index in [1.165, 1.54) is 4.90 Å². The van der Waals surface area contributed by atoms with Crippen LogP contribution in [0.5, 0.6) is 5.75 Å². The molecule has 1 aliphatic heterocycles. The molecule has 10 heteroatoms. The van der Waals surface area contributed by atoms with Crippen LogP contribution in [0.2, 0.25) is 0 Å². The Morgan fingerprint density at radius 3 is 2.36 bits per heavy atom. The molecule has 0 bridgehead atoms. The molecule has 0 unspecified atom stereocenters. The molecule has 1 saturated carbocycles. The number of amides is 3. The molecule has 4 rings (SSSR count). The van der Waals surface area contributed by atoms with Crippen molar-refractivity contribution in [2.45, 2.75) is 72.1 Å². The molecule has 0 radical (unpaired) electrons. The SMILES string of the molecule is COCCOCc1cc(N(C(=O)[C@@H]2C[C@H](C(=O)Nc3c(C)cccc3OC)CN(C(=O)OC(C)(C)C)C2)C2CC2)ccc1C. The lowest BCUT2D eigenvalue weighted by Gasteiger charge is -2.39. The van der Waals surface area contributed by atoms with Gasteiger partial charge in [0.1, 0.15) is 11.4 Å². The Morgan fingerprint density at radius 2 is 1.70 bits per heavy atom. The lowest BCUT2D eigenvalue weighted by atomic mass is 9.87. The Morgan fingerprint density at radius 1 is 0.977 bits per heavy atom. The van der Waals surface area contributed by atoms with E-state index in [9.17, 15) is 14.4 Å². The molecular formula is C34H47N3O7. The highest BCUT2D eigenvalue weighted by atomic mass is 16.6. The van der Waals surface area contributed by atoms with Crippen LogP contribution in [0.15, 0.2) is 36.4 Å². The van der Waals surface area contributed by atoms with Crippen molar-refractivity contribution in [1.82, 2.24) is 4.90 Å². The number of aryl methyl sites for hydroxylation is 2. The molecule has 1 aliphatic carbocycles. The highest BCUT2D eigenvalue weighted by molar-refractivity contribution is 5.99. The van der Waals surface area contributed by atoms with Crippen LogP contribution in [0.1, 0.15) is 56.7 Å². The predicted molar refractivity (Wildman–Crippen MR) is 169 cm³/mol. The number of ether oxygens (including phenoxy) is 4. The number of carbonyl (C=O) groups excluding carboxylic acids is 3. The van der Waals surface area contributed by atoms with E-state index in [0.29, 0.717) is 37.7 Å². The number of likely N-dealkylation sites (tertiary alicyclic amines) is 1. The largest absolute Gasteiger partial charge is 0.495 e. The molecule has 1 saturated heterocycles. The molecule has 3 amide bonds. The smallest absolute Gasteiger partial charge is 0.410 e. The molecule has 2 aromatic carbocycles. The van der Waals surface area contributed by atoms with E-state index in [2.05, 4.69) is 5.32 Å². The fourth-order valence-corrected chi connectivity index (χ4v) is 5.47. The Balaban J connectivity index is 1.60. The Labute approximate surface area is 261 Å². The second-order valence-electron chi connectivity index (χ2n) is 12.8. The monoisotopic (exact) mass is 609 g/mol. The number of methoxy groups -OCH3 is 2. The van der Waals surface area contributed by atoms with Crippen LogP contribution in [0.25, 0.3) is 0 Å². The van der Waals surface area contributed by atoms with E-state index in [4.69, 9.17) is 18.9 Å². The van der Waals surface area contributed by atoms with E-state index in [-0.39, 0.29) is 30.9 Å². The summed E-state index contributed by atoms with van der Waals surface area (Å²) in [5, 5.41) is 3.01. The molecular weight excluding hydrogens is 562 g/mol. The van der Waals surface area contributed by atoms with Gasteiger partial charge in [0.05, 0.1) is 44.5 Å². The summed E-state index contributed by atoms with van der Waals surface area (Å²) in [6, 6.07) is 11.6. The second-order valence-corrected chi connectivity index (χ2v) is 12.8. The topological polar surface area (TPSA) is 107 Å². The Hall–Kier alpha value is -3.63. The maximum atomic E-state index is 14.4. The van der Waals surface area contributed by atoms with Gasteiger partial charge < -0.3 is 34.1 Å². The summed E-state index contributed by atoms with van der Waals surface area (Å²) in [5.74, 6) is -1.03. The van der Waals surface area contributed by atoms with Crippen molar-refractivity contribution in [2.24, 2.45) is 11.8 Å². The first-order valence-corrected chi connectivity index (χ1v) is 15.3. The molecule has 240 valence electrons. The quantitative estimate of drug-likeness (QED) is 0.336. The maximum absolute atomic E-state index is 14.4. The first-order chi connectivity index (χ1) is 20.9. The van der Waals surface area contributed by atoms with Gasteiger partial charge in [-0.15, -0.1) is 0 Å². The molecule has 2 aromatic rings. The van der Waals surface area contributed by atoms with Gasteiger partial charge in [-0.05, 0) is 88.8 Å². The van der Waals surface area contributed by atoms with Gasteiger partial charge in [0.15, 0.2) is 0 Å². The second kappa shape index (κ2) is 14.4. The average molecular weight is 610 g/mol. The fourth-order valence-electron chi connectivity index (χ4n) is 5.47. The van der Waals surface area contributed by atoms with E-state index in [1.54, 1.807) is 41.1 Å². The third-order valence-corrected chi connectivity index (χ3v) is 7.97. The Bertz CT molecular complexity index is 1330.